The van der Waals surface area contributed by atoms with Crippen LogP contribution in [-0.4, -0.2) is 25.0 Å². The summed E-state index contributed by atoms with van der Waals surface area (Å²) < 4.78 is 10.7. The van der Waals surface area contributed by atoms with Crippen molar-refractivity contribution in [1.82, 2.24) is 5.32 Å². The first-order chi connectivity index (χ1) is 18.1. The van der Waals surface area contributed by atoms with Gasteiger partial charge in [-0.15, -0.1) is 0 Å². The van der Waals surface area contributed by atoms with Gasteiger partial charge in [0.25, 0.3) is 5.91 Å². The molecule has 38 heavy (non-hydrogen) atoms. The number of fused-ring (bicyclic) bond motifs is 4. The third kappa shape index (κ3) is 4.77. The number of amides is 1. The van der Waals surface area contributed by atoms with Crippen molar-refractivity contribution in [2.45, 2.75) is 71.1 Å². The summed E-state index contributed by atoms with van der Waals surface area (Å²) in [6.07, 6.45) is 5.49. The van der Waals surface area contributed by atoms with Crippen LogP contribution in [0.2, 0.25) is 0 Å². The molecule has 1 fully saturated rings. The minimum Gasteiger partial charge on any atom is -0.450 e. The summed E-state index contributed by atoms with van der Waals surface area (Å²) in [6, 6.07) is 14.9. The molecule has 2 aliphatic rings. The van der Waals surface area contributed by atoms with Crippen molar-refractivity contribution >= 4 is 22.8 Å². The van der Waals surface area contributed by atoms with Gasteiger partial charge in [0.05, 0.1) is 5.39 Å². The summed E-state index contributed by atoms with van der Waals surface area (Å²) in [4.78, 5) is 37.5. The van der Waals surface area contributed by atoms with Gasteiger partial charge in [0.15, 0.2) is 12.0 Å². The van der Waals surface area contributed by atoms with Crippen LogP contribution in [0.4, 0.5) is 0 Å². The molecule has 2 aromatic carbocycles. The van der Waals surface area contributed by atoms with E-state index in [0.717, 1.165) is 38.2 Å². The Hall–Kier alpha value is -3.41. The van der Waals surface area contributed by atoms with Crippen LogP contribution in [0.25, 0.3) is 11.0 Å². The van der Waals surface area contributed by atoms with Crippen molar-refractivity contribution in [1.29, 1.82) is 0 Å². The number of esters is 1. The zero-order valence-corrected chi connectivity index (χ0v) is 22.8. The van der Waals surface area contributed by atoms with Gasteiger partial charge in [-0.2, -0.15) is 0 Å². The highest BCUT2D eigenvalue weighted by molar-refractivity contribution is 5.90. The maximum Gasteiger partial charge on any atom is 0.374 e. The lowest BCUT2D eigenvalue weighted by atomic mass is 9.49. The zero-order chi connectivity index (χ0) is 27.1. The molecule has 3 aromatic rings. The number of carbonyl (C=O) groups is 2. The summed E-state index contributed by atoms with van der Waals surface area (Å²) in [7, 11) is 0. The molecule has 200 valence electrons. The Bertz CT molecular complexity index is 1440. The van der Waals surface area contributed by atoms with Gasteiger partial charge < -0.3 is 14.5 Å². The van der Waals surface area contributed by atoms with Crippen molar-refractivity contribution in [2.75, 3.05) is 13.2 Å². The van der Waals surface area contributed by atoms with Gasteiger partial charge >= 0.3 is 5.97 Å². The topological polar surface area (TPSA) is 85.6 Å². The summed E-state index contributed by atoms with van der Waals surface area (Å²) in [6.45, 7) is 9.29. The van der Waals surface area contributed by atoms with Gasteiger partial charge in [0.1, 0.15) is 5.58 Å². The maximum atomic E-state index is 12.7. The number of hydrogen-bond acceptors (Lipinski definition) is 5. The second-order valence-corrected chi connectivity index (χ2v) is 11.9. The largest absolute Gasteiger partial charge is 0.450 e. The Kier molecular flexibility index (Phi) is 6.93. The Morgan fingerprint density at radius 3 is 2.68 bits per heavy atom. The van der Waals surface area contributed by atoms with E-state index in [9.17, 15) is 14.4 Å². The van der Waals surface area contributed by atoms with Gasteiger partial charge in [-0.05, 0) is 77.2 Å². The second kappa shape index (κ2) is 10.0. The van der Waals surface area contributed by atoms with Crippen LogP contribution in [0, 0.1) is 11.3 Å². The zero-order valence-electron chi connectivity index (χ0n) is 22.8. The van der Waals surface area contributed by atoms with E-state index in [1.54, 1.807) is 24.3 Å². The molecule has 0 aliphatic heterocycles. The monoisotopic (exact) mass is 515 g/mol. The van der Waals surface area contributed by atoms with E-state index in [2.05, 4.69) is 51.2 Å². The van der Waals surface area contributed by atoms with Crippen LogP contribution < -0.4 is 10.7 Å². The van der Waals surface area contributed by atoms with E-state index >= 15 is 0 Å². The fourth-order valence-corrected chi connectivity index (χ4v) is 6.97. The molecule has 0 spiro atoms. The van der Waals surface area contributed by atoms with E-state index in [0.29, 0.717) is 29.3 Å². The number of rotatable bonds is 6. The molecule has 5 rings (SSSR count). The molecule has 0 bridgehead atoms. The number of carbonyl (C=O) groups excluding carboxylic acids is 2. The summed E-state index contributed by atoms with van der Waals surface area (Å²) >= 11 is 0. The minimum absolute atomic E-state index is 0.0494. The summed E-state index contributed by atoms with van der Waals surface area (Å²) in [5.74, 6) is -0.421. The van der Waals surface area contributed by atoms with Crippen molar-refractivity contribution in [3.05, 3.63) is 81.2 Å². The fraction of sp³-hybridized carbons (Fsp3) is 0.469. The number of nitrogens with one attached hydrogen (secondary N) is 1. The molecule has 1 amide bonds. The van der Waals surface area contributed by atoms with Crippen LogP contribution >= 0.6 is 0 Å². The van der Waals surface area contributed by atoms with Gasteiger partial charge in [-0.25, -0.2) is 4.79 Å². The van der Waals surface area contributed by atoms with Gasteiger partial charge in [-0.1, -0.05) is 64.4 Å². The molecular formula is C32H37NO5. The summed E-state index contributed by atoms with van der Waals surface area (Å²) in [5, 5.41) is 3.42. The average molecular weight is 516 g/mol. The molecule has 6 heteroatoms. The highest BCUT2D eigenvalue weighted by Gasteiger charge is 2.51. The van der Waals surface area contributed by atoms with Crippen LogP contribution in [0.15, 0.2) is 57.7 Å². The first-order valence-electron chi connectivity index (χ1n) is 13.7. The molecular weight excluding hydrogens is 478 g/mol. The van der Waals surface area contributed by atoms with Crippen molar-refractivity contribution < 1.29 is 18.7 Å². The van der Waals surface area contributed by atoms with Gasteiger partial charge in [-0.3, -0.25) is 9.59 Å². The quantitative estimate of drug-likeness (QED) is 0.413. The average Bonchev–Trinajstić information content (AvgIpc) is 2.90. The van der Waals surface area contributed by atoms with E-state index in [1.807, 2.05) is 0 Å². The van der Waals surface area contributed by atoms with E-state index < -0.39 is 12.6 Å². The maximum absolute atomic E-state index is 12.7. The highest BCUT2D eigenvalue weighted by Crippen LogP contribution is 2.57. The number of hydrogen-bond donors (Lipinski definition) is 1. The first-order valence-corrected chi connectivity index (χ1v) is 13.7. The molecule has 1 saturated carbocycles. The molecule has 1 N–H and O–H groups in total. The standard InChI is InChI=1S/C32H37NO5/c1-20(2)21-10-12-24-22(16-21)11-13-28-31(3,14-7-15-32(24,28)4)19-33-29(35)18-37-30(36)27-17-25(34)23-8-5-6-9-26(23)38-27/h5-6,8-10,12,16-17,20,28H,7,11,13-15,18-19H2,1-4H3,(H,33,35). The first kappa shape index (κ1) is 26.2. The lowest BCUT2D eigenvalue weighted by molar-refractivity contribution is -0.125. The number of ether oxygens (including phenoxy) is 1. The third-order valence-electron chi connectivity index (χ3n) is 9.03. The van der Waals surface area contributed by atoms with Crippen LogP contribution in [0.1, 0.15) is 86.5 Å². The molecule has 2 aliphatic carbocycles. The van der Waals surface area contributed by atoms with Crippen LogP contribution in [-0.2, 0) is 21.4 Å². The number of benzene rings is 2. The lowest BCUT2D eigenvalue weighted by Gasteiger charge is -2.55. The Morgan fingerprint density at radius 1 is 1.11 bits per heavy atom. The number of para-hydroxylation sites is 1. The minimum atomic E-state index is -0.830. The van der Waals surface area contributed by atoms with Crippen LogP contribution in [0.5, 0.6) is 0 Å². The van der Waals surface area contributed by atoms with Gasteiger partial charge in [0, 0.05) is 12.6 Å². The normalized spacial score (nSPS) is 24.5. The Balaban J connectivity index is 1.23. The molecule has 1 aromatic heterocycles. The SMILES string of the molecule is CC(C)c1ccc2c(c1)CCC1C(C)(CNC(=O)COC(=O)c3cc(=O)c4ccccc4o3)CCCC21C. The van der Waals surface area contributed by atoms with Crippen LogP contribution in [0.3, 0.4) is 0 Å². The molecule has 1 heterocycles. The molecule has 0 radical (unpaired) electrons. The molecule has 0 saturated heterocycles. The Labute approximate surface area is 223 Å². The van der Waals surface area contributed by atoms with E-state index in [-0.39, 0.29) is 27.9 Å². The second-order valence-electron chi connectivity index (χ2n) is 11.9. The molecule has 3 unspecified atom stereocenters. The Morgan fingerprint density at radius 2 is 1.89 bits per heavy atom. The van der Waals surface area contributed by atoms with E-state index in [4.69, 9.17) is 9.15 Å². The highest BCUT2D eigenvalue weighted by atomic mass is 16.5. The fourth-order valence-electron chi connectivity index (χ4n) is 6.97. The molecule has 6 nitrogen and oxygen atoms in total. The van der Waals surface area contributed by atoms with Crippen molar-refractivity contribution in [2.24, 2.45) is 11.3 Å². The number of aryl methyl sites for hydroxylation is 1. The predicted molar refractivity (Wildman–Crippen MR) is 147 cm³/mol. The smallest absolute Gasteiger partial charge is 0.374 e. The van der Waals surface area contributed by atoms with E-state index in [1.165, 1.54) is 16.7 Å². The van der Waals surface area contributed by atoms with Crippen molar-refractivity contribution in [3.63, 3.8) is 0 Å². The van der Waals surface area contributed by atoms with Gasteiger partial charge in [0.2, 0.25) is 5.76 Å². The summed E-state index contributed by atoms with van der Waals surface area (Å²) in [5.41, 5.74) is 4.36. The predicted octanol–water partition coefficient (Wildman–Crippen LogP) is 5.90. The third-order valence-corrected chi connectivity index (χ3v) is 9.03. The lowest BCUT2D eigenvalue weighted by Crippen LogP contribution is -2.53. The van der Waals surface area contributed by atoms with Crippen molar-refractivity contribution in [3.8, 4) is 0 Å². The molecule has 3 atom stereocenters.